The van der Waals surface area contributed by atoms with Crippen molar-refractivity contribution in [2.45, 2.75) is 44.8 Å². The number of rotatable bonds is 4. The molecule has 2 atom stereocenters. The summed E-state index contributed by atoms with van der Waals surface area (Å²) in [6.45, 7) is 5.75. The summed E-state index contributed by atoms with van der Waals surface area (Å²) >= 11 is 0. The number of hydrogen-bond donors (Lipinski definition) is 1. The van der Waals surface area contributed by atoms with E-state index in [0.717, 1.165) is 37.2 Å². The Bertz CT molecular complexity index is 464. The average Bonchev–Trinajstić information content (AvgIpc) is 2.41. The molecule has 4 heteroatoms. The third-order valence-corrected chi connectivity index (χ3v) is 4.11. The van der Waals surface area contributed by atoms with E-state index in [1.165, 1.54) is 6.07 Å². The number of ether oxygens (including phenoxy) is 1. The summed E-state index contributed by atoms with van der Waals surface area (Å²) in [5.74, 6) is -0.163. The second-order valence-corrected chi connectivity index (χ2v) is 6.10. The molecule has 0 spiro atoms. The highest BCUT2D eigenvalue weighted by atomic mass is 19.1. The Balaban J connectivity index is 2.30. The topological polar surface area (TPSA) is 38.5 Å². The van der Waals surface area contributed by atoms with Crippen LogP contribution in [0.25, 0.3) is 0 Å². The molecule has 1 heterocycles. The Morgan fingerprint density at radius 3 is 2.90 bits per heavy atom. The first-order chi connectivity index (χ1) is 9.45. The number of nitrogens with zero attached hydrogens (tertiary/aromatic N) is 1. The maximum Gasteiger partial charge on any atom is 0.128 e. The van der Waals surface area contributed by atoms with Crippen molar-refractivity contribution >= 4 is 5.69 Å². The van der Waals surface area contributed by atoms with Gasteiger partial charge in [0, 0.05) is 37.5 Å². The average molecular weight is 280 g/mol. The van der Waals surface area contributed by atoms with Crippen molar-refractivity contribution in [1.82, 2.24) is 0 Å². The monoisotopic (exact) mass is 280 g/mol. The van der Waals surface area contributed by atoms with Crippen LogP contribution in [0.5, 0.6) is 0 Å². The minimum Gasteiger partial charge on any atom is -0.377 e. The molecule has 0 radical (unpaired) electrons. The first kappa shape index (κ1) is 15.3. The number of benzene rings is 1. The fraction of sp³-hybridized carbons (Fsp3) is 0.625. The SMILES string of the molecule is COC1(C)CCCN(c2cccc(F)c2CC(C)N)C1. The third kappa shape index (κ3) is 3.30. The zero-order valence-electron chi connectivity index (χ0n) is 12.7. The summed E-state index contributed by atoms with van der Waals surface area (Å²) in [5, 5.41) is 0. The Morgan fingerprint density at radius 1 is 1.50 bits per heavy atom. The molecule has 2 rings (SSSR count). The quantitative estimate of drug-likeness (QED) is 0.921. The normalized spacial score (nSPS) is 24.8. The van der Waals surface area contributed by atoms with Crippen molar-refractivity contribution in [2.24, 2.45) is 5.73 Å². The van der Waals surface area contributed by atoms with Crippen LogP contribution in [0.1, 0.15) is 32.3 Å². The van der Waals surface area contributed by atoms with Crippen LogP contribution in [0.2, 0.25) is 0 Å². The van der Waals surface area contributed by atoms with E-state index < -0.39 is 0 Å². The third-order valence-electron chi connectivity index (χ3n) is 4.11. The zero-order valence-corrected chi connectivity index (χ0v) is 12.7. The van der Waals surface area contributed by atoms with Gasteiger partial charge in [-0.15, -0.1) is 0 Å². The van der Waals surface area contributed by atoms with Gasteiger partial charge in [-0.25, -0.2) is 4.39 Å². The van der Waals surface area contributed by atoms with E-state index in [4.69, 9.17) is 10.5 Å². The maximum atomic E-state index is 14.1. The summed E-state index contributed by atoms with van der Waals surface area (Å²) in [7, 11) is 1.75. The molecule has 1 aromatic rings. The van der Waals surface area contributed by atoms with Gasteiger partial charge in [0.15, 0.2) is 0 Å². The highest BCUT2D eigenvalue weighted by molar-refractivity contribution is 5.55. The van der Waals surface area contributed by atoms with Gasteiger partial charge in [-0.2, -0.15) is 0 Å². The molecular formula is C16H25FN2O. The molecular weight excluding hydrogens is 255 g/mol. The minimum absolute atomic E-state index is 0.0516. The number of methoxy groups -OCH3 is 1. The van der Waals surface area contributed by atoms with Crippen molar-refractivity contribution in [3.63, 3.8) is 0 Å². The molecule has 0 bridgehead atoms. The lowest BCUT2D eigenvalue weighted by molar-refractivity contribution is -0.00469. The predicted octanol–water partition coefficient (Wildman–Crippen LogP) is 2.72. The molecule has 0 aromatic heterocycles. The van der Waals surface area contributed by atoms with E-state index in [9.17, 15) is 4.39 Å². The minimum atomic E-state index is -0.163. The van der Waals surface area contributed by atoms with Crippen LogP contribution in [0.3, 0.4) is 0 Å². The first-order valence-corrected chi connectivity index (χ1v) is 7.28. The van der Waals surface area contributed by atoms with Gasteiger partial charge in [0.1, 0.15) is 5.82 Å². The second kappa shape index (κ2) is 6.10. The van der Waals surface area contributed by atoms with E-state index >= 15 is 0 Å². The summed E-state index contributed by atoms with van der Waals surface area (Å²) in [6, 6.07) is 5.22. The van der Waals surface area contributed by atoms with Crippen LogP contribution in [0.4, 0.5) is 10.1 Å². The van der Waals surface area contributed by atoms with E-state index in [1.807, 2.05) is 13.0 Å². The summed E-state index contributed by atoms with van der Waals surface area (Å²) in [6.07, 6.45) is 2.65. The van der Waals surface area contributed by atoms with Crippen LogP contribution in [-0.4, -0.2) is 31.8 Å². The summed E-state index contributed by atoms with van der Waals surface area (Å²) in [5.41, 5.74) is 7.39. The van der Waals surface area contributed by atoms with Crippen LogP contribution in [0.15, 0.2) is 18.2 Å². The molecule has 1 aliphatic rings. The van der Waals surface area contributed by atoms with E-state index in [2.05, 4.69) is 11.8 Å². The summed E-state index contributed by atoms with van der Waals surface area (Å²) < 4.78 is 19.7. The molecule has 2 unspecified atom stereocenters. The number of hydrogen-bond acceptors (Lipinski definition) is 3. The van der Waals surface area contributed by atoms with Crippen molar-refractivity contribution in [3.8, 4) is 0 Å². The molecule has 3 nitrogen and oxygen atoms in total. The van der Waals surface area contributed by atoms with Gasteiger partial charge in [-0.3, -0.25) is 0 Å². The summed E-state index contributed by atoms with van der Waals surface area (Å²) in [4.78, 5) is 2.23. The van der Waals surface area contributed by atoms with Gasteiger partial charge in [0.25, 0.3) is 0 Å². The molecule has 20 heavy (non-hydrogen) atoms. The van der Waals surface area contributed by atoms with Crippen LogP contribution >= 0.6 is 0 Å². The molecule has 0 amide bonds. The maximum absolute atomic E-state index is 14.1. The largest absolute Gasteiger partial charge is 0.377 e. The number of anilines is 1. The highest BCUT2D eigenvalue weighted by Crippen LogP contribution is 2.31. The van der Waals surface area contributed by atoms with E-state index in [1.54, 1.807) is 13.2 Å². The van der Waals surface area contributed by atoms with Crippen LogP contribution < -0.4 is 10.6 Å². The number of nitrogens with two attached hydrogens (primary N) is 1. The number of piperidine rings is 1. The molecule has 0 aliphatic carbocycles. The molecule has 1 saturated heterocycles. The van der Waals surface area contributed by atoms with Crippen molar-refractivity contribution < 1.29 is 9.13 Å². The van der Waals surface area contributed by atoms with Crippen molar-refractivity contribution in [2.75, 3.05) is 25.1 Å². The molecule has 112 valence electrons. The van der Waals surface area contributed by atoms with E-state index in [-0.39, 0.29) is 17.5 Å². The lowest BCUT2D eigenvalue weighted by atomic mass is 9.93. The fourth-order valence-corrected chi connectivity index (χ4v) is 2.95. The number of halogens is 1. The van der Waals surface area contributed by atoms with Crippen molar-refractivity contribution in [3.05, 3.63) is 29.6 Å². The lowest BCUT2D eigenvalue weighted by Gasteiger charge is -2.41. The smallest absolute Gasteiger partial charge is 0.128 e. The molecule has 2 N–H and O–H groups in total. The fourth-order valence-electron chi connectivity index (χ4n) is 2.95. The lowest BCUT2D eigenvalue weighted by Crippen LogP contribution is -2.47. The van der Waals surface area contributed by atoms with Crippen LogP contribution in [0, 0.1) is 5.82 Å². The highest BCUT2D eigenvalue weighted by Gasteiger charge is 2.32. The Morgan fingerprint density at radius 2 is 2.25 bits per heavy atom. The van der Waals surface area contributed by atoms with Crippen molar-refractivity contribution in [1.29, 1.82) is 0 Å². The van der Waals surface area contributed by atoms with Gasteiger partial charge in [0.05, 0.1) is 5.60 Å². The molecule has 1 fully saturated rings. The second-order valence-electron chi connectivity index (χ2n) is 6.10. The zero-order chi connectivity index (χ0) is 14.8. The molecule has 1 aliphatic heterocycles. The Labute approximate surface area is 120 Å². The predicted molar refractivity (Wildman–Crippen MR) is 80.6 cm³/mol. The van der Waals surface area contributed by atoms with E-state index in [0.29, 0.717) is 6.42 Å². The Kier molecular flexibility index (Phi) is 4.66. The first-order valence-electron chi connectivity index (χ1n) is 7.28. The van der Waals surface area contributed by atoms with Gasteiger partial charge in [-0.05, 0) is 45.2 Å². The van der Waals surface area contributed by atoms with Crippen LogP contribution in [-0.2, 0) is 11.2 Å². The van der Waals surface area contributed by atoms with Gasteiger partial charge in [0.2, 0.25) is 0 Å². The molecule has 0 saturated carbocycles. The molecule has 1 aromatic carbocycles. The van der Waals surface area contributed by atoms with Gasteiger partial charge >= 0.3 is 0 Å². The Hall–Kier alpha value is -1.13. The van der Waals surface area contributed by atoms with Gasteiger partial charge in [-0.1, -0.05) is 6.07 Å². The van der Waals surface area contributed by atoms with Gasteiger partial charge < -0.3 is 15.4 Å². The standard InChI is InChI=1S/C16H25FN2O/c1-12(18)10-13-14(17)6-4-7-15(13)19-9-5-8-16(2,11-19)20-3/h4,6-7,12H,5,8-11,18H2,1-3H3.